The lowest BCUT2D eigenvalue weighted by Crippen LogP contribution is -2.36. The number of nitrogens with one attached hydrogen (secondary N) is 1. The second-order valence-electron chi connectivity index (χ2n) is 4.39. The van der Waals surface area contributed by atoms with Crippen LogP contribution in [0.3, 0.4) is 0 Å². The van der Waals surface area contributed by atoms with Gasteiger partial charge in [0.1, 0.15) is 0 Å². The zero-order valence-electron chi connectivity index (χ0n) is 10.4. The van der Waals surface area contributed by atoms with Gasteiger partial charge in [-0.15, -0.1) is 0 Å². The van der Waals surface area contributed by atoms with Gasteiger partial charge in [-0.05, 0) is 27.9 Å². The van der Waals surface area contributed by atoms with E-state index in [2.05, 4.69) is 49.5 Å². The van der Waals surface area contributed by atoms with Crippen molar-refractivity contribution in [2.24, 2.45) is 7.05 Å². The fraction of sp³-hybridized carbons (Fsp3) is 0.727. The second kappa shape index (κ2) is 5.28. The lowest BCUT2D eigenvalue weighted by Gasteiger charge is -2.22. The third-order valence-electron chi connectivity index (χ3n) is 2.83. The van der Waals surface area contributed by atoms with Gasteiger partial charge < -0.3 is 10.2 Å². The first-order valence-corrected chi connectivity index (χ1v) is 5.39. The molecule has 4 nitrogen and oxygen atoms in total. The fourth-order valence-electron chi connectivity index (χ4n) is 1.31. The average molecular weight is 210 g/mol. The quantitative estimate of drug-likeness (QED) is 0.787. The normalized spacial score (nSPS) is 15.6. The first kappa shape index (κ1) is 12.2. The van der Waals surface area contributed by atoms with Crippen LogP contribution in [0.1, 0.15) is 25.5 Å². The number of likely N-dealkylation sites (N-methyl/N-ethyl adjacent to an activating group) is 1. The van der Waals surface area contributed by atoms with Gasteiger partial charge in [0.05, 0.1) is 6.20 Å². The summed E-state index contributed by atoms with van der Waals surface area (Å²) in [4.78, 5) is 2.21. The molecule has 2 atom stereocenters. The summed E-state index contributed by atoms with van der Waals surface area (Å²) in [5.41, 5.74) is 1.24. The number of nitrogens with zero attached hydrogens (tertiary/aromatic N) is 3. The molecule has 0 fully saturated rings. The molecule has 0 bridgehead atoms. The minimum absolute atomic E-state index is 0.362. The summed E-state index contributed by atoms with van der Waals surface area (Å²) in [7, 11) is 6.14. The van der Waals surface area contributed by atoms with Crippen molar-refractivity contribution in [3.8, 4) is 0 Å². The van der Waals surface area contributed by atoms with Gasteiger partial charge in [0.15, 0.2) is 0 Å². The molecule has 4 heteroatoms. The molecule has 15 heavy (non-hydrogen) atoms. The molecule has 1 aromatic heterocycles. The van der Waals surface area contributed by atoms with Gasteiger partial charge in [-0.3, -0.25) is 4.68 Å². The molecule has 2 unspecified atom stereocenters. The predicted octanol–water partition coefficient (Wildman–Crippen LogP) is 1.02. The molecule has 0 saturated heterocycles. The van der Waals surface area contributed by atoms with Crippen LogP contribution in [-0.4, -0.2) is 41.4 Å². The van der Waals surface area contributed by atoms with Crippen molar-refractivity contribution in [3.05, 3.63) is 18.0 Å². The first-order valence-electron chi connectivity index (χ1n) is 5.39. The van der Waals surface area contributed by atoms with Crippen molar-refractivity contribution in [1.29, 1.82) is 0 Å². The van der Waals surface area contributed by atoms with Gasteiger partial charge >= 0.3 is 0 Å². The summed E-state index contributed by atoms with van der Waals surface area (Å²) in [5.74, 6) is 0. The molecular formula is C11H22N4. The van der Waals surface area contributed by atoms with Gasteiger partial charge in [0.2, 0.25) is 0 Å². The van der Waals surface area contributed by atoms with Crippen molar-refractivity contribution < 1.29 is 0 Å². The SMILES string of the molecule is CC(NCC(C)N(C)C)c1cnn(C)c1. The van der Waals surface area contributed by atoms with Gasteiger partial charge in [-0.1, -0.05) is 0 Å². The van der Waals surface area contributed by atoms with Crippen LogP contribution in [0.4, 0.5) is 0 Å². The molecule has 0 aromatic carbocycles. The highest BCUT2D eigenvalue weighted by molar-refractivity contribution is 5.08. The van der Waals surface area contributed by atoms with Crippen molar-refractivity contribution >= 4 is 0 Å². The van der Waals surface area contributed by atoms with Gasteiger partial charge in [-0.2, -0.15) is 5.10 Å². The Kier molecular flexibility index (Phi) is 4.29. The van der Waals surface area contributed by atoms with Crippen LogP contribution < -0.4 is 5.32 Å². The summed E-state index contributed by atoms with van der Waals surface area (Å²) >= 11 is 0. The standard InChI is InChI=1S/C11H22N4/c1-9(14(3)4)6-12-10(2)11-7-13-15(5)8-11/h7-10,12H,6H2,1-5H3. The Labute approximate surface area is 92.3 Å². The zero-order chi connectivity index (χ0) is 11.4. The Morgan fingerprint density at radius 3 is 2.60 bits per heavy atom. The smallest absolute Gasteiger partial charge is 0.0537 e. The molecule has 0 aliphatic rings. The van der Waals surface area contributed by atoms with Crippen LogP contribution in [0.25, 0.3) is 0 Å². The van der Waals surface area contributed by atoms with Crippen LogP contribution in [0.15, 0.2) is 12.4 Å². The summed E-state index contributed by atoms with van der Waals surface area (Å²) < 4.78 is 1.84. The number of aromatic nitrogens is 2. The highest BCUT2D eigenvalue weighted by Crippen LogP contribution is 2.10. The summed E-state index contributed by atoms with van der Waals surface area (Å²) in [6, 6.07) is 0.908. The number of hydrogen-bond donors (Lipinski definition) is 1. The number of aryl methyl sites for hydroxylation is 1. The molecule has 0 saturated carbocycles. The third kappa shape index (κ3) is 3.64. The van der Waals surface area contributed by atoms with E-state index in [9.17, 15) is 0 Å². The number of hydrogen-bond acceptors (Lipinski definition) is 3. The summed E-state index contributed by atoms with van der Waals surface area (Å²) in [6.45, 7) is 5.37. The zero-order valence-corrected chi connectivity index (χ0v) is 10.4. The van der Waals surface area contributed by atoms with Crippen molar-refractivity contribution in [1.82, 2.24) is 20.0 Å². The van der Waals surface area contributed by atoms with E-state index in [1.165, 1.54) is 5.56 Å². The molecule has 0 amide bonds. The fourth-order valence-corrected chi connectivity index (χ4v) is 1.31. The molecular weight excluding hydrogens is 188 g/mol. The minimum atomic E-state index is 0.362. The van der Waals surface area contributed by atoms with Gasteiger partial charge in [0, 0.05) is 37.4 Å². The lowest BCUT2D eigenvalue weighted by molar-refractivity contribution is 0.295. The van der Waals surface area contributed by atoms with Crippen molar-refractivity contribution in [3.63, 3.8) is 0 Å². The molecule has 0 aliphatic heterocycles. The van der Waals surface area contributed by atoms with E-state index in [4.69, 9.17) is 0 Å². The predicted molar refractivity (Wildman–Crippen MR) is 62.8 cm³/mol. The van der Waals surface area contributed by atoms with Crippen LogP contribution >= 0.6 is 0 Å². The molecule has 1 aromatic rings. The average Bonchev–Trinajstić information content (AvgIpc) is 2.60. The van der Waals surface area contributed by atoms with E-state index in [0.717, 1.165) is 6.54 Å². The van der Waals surface area contributed by atoms with Gasteiger partial charge in [-0.25, -0.2) is 0 Å². The minimum Gasteiger partial charge on any atom is -0.309 e. The highest BCUT2D eigenvalue weighted by atomic mass is 15.2. The Morgan fingerprint density at radius 2 is 2.13 bits per heavy atom. The van der Waals surface area contributed by atoms with Crippen LogP contribution in [0.5, 0.6) is 0 Å². The van der Waals surface area contributed by atoms with E-state index < -0.39 is 0 Å². The van der Waals surface area contributed by atoms with E-state index in [-0.39, 0.29) is 0 Å². The van der Waals surface area contributed by atoms with E-state index in [0.29, 0.717) is 12.1 Å². The largest absolute Gasteiger partial charge is 0.309 e. The van der Waals surface area contributed by atoms with Crippen molar-refractivity contribution in [2.45, 2.75) is 25.9 Å². The molecule has 86 valence electrons. The maximum atomic E-state index is 4.17. The molecule has 1 N–H and O–H groups in total. The molecule has 1 rings (SSSR count). The molecule has 1 heterocycles. The van der Waals surface area contributed by atoms with Crippen LogP contribution in [0.2, 0.25) is 0 Å². The van der Waals surface area contributed by atoms with E-state index in [1.54, 1.807) is 0 Å². The summed E-state index contributed by atoms with van der Waals surface area (Å²) in [6.07, 6.45) is 3.97. The summed E-state index contributed by atoms with van der Waals surface area (Å²) in [5, 5.41) is 7.66. The molecule has 0 spiro atoms. The monoisotopic (exact) mass is 210 g/mol. The Hall–Kier alpha value is -0.870. The lowest BCUT2D eigenvalue weighted by atomic mass is 10.2. The topological polar surface area (TPSA) is 33.1 Å². The first-order chi connectivity index (χ1) is 7.00. The maximum absolute atomic E-state index is 4.17. The number of rotatable bonds is 5. The maximum Gasteiger partial charge on any atom is 0.0537 e. The van der Waals surface area contributed by atoms with Gasteiger partial charge in [0.25, 0.3) is 0 Å². The Balaban J connectivity index is 2.39. The van der Waals surface area contributed by atoms with Crippen molar-refractivity contribution in [2.75, 3.05) is 20.6 Å². The van der Waals surface area contributed by atoms with Crippen LogP contribution in [0, 0.1) is 0 Å². The third-order valence-corrected chi connectivity index (χ3v) is 2.83. The Morgan fingerprint density at radius 1 is 1.47 bits per heavy atom. The Bertz CT molecular complexity index is 293. The van der Waals surface area contributed by atoms with Crippen LogP contribution in [-0.2, 0) is 7.05 Å². The van der Waals surface area contributed by atoms with E-state index >= 15 is 0 Å². The second-order valence-corrected chi connectivity index (χ2v) is 4.39. The highest BCUT2D eigenvalue weighted by Gasteiger charge is 2.09. The molecule has 0 aliphatic carbocycles. The van der Waals surface area contributed by atoms with E-state index in [1.807, 2.05) is 17.9 Å². The molecule has 0 radical (unpaired) electrons.